The Hall–Kier alpha value is -1.65. The second-order valence-electron chi connectivity index (χ2n) is 6.00. The monoisotopic (exact) mass is 283 g/mol. The third-order valence-corrected chi connectivity index (χ3v) is 3.20. The predicted molar refractivity (Wildman–Crippen MR) is 71.3 cm³/mol. The van der Waals surface area contributed by atoms with Gasteiger partial charge in [-0.2, -0.15) is 0 Å². The average Bonchev–Trinajstić information content (AvgIpc) is 2.75. The van der Waals surface area contributed by atoms with Gasteiger partial charge in [-0.25, -0.2) is 13.6 Å². The molecule has 1 unspecified atom stereocenters. The Morgan fingerprint density at radius 1 is 1.35 bits per heavy atom. The van der Waals surface area contributed by atoms with E-state index in [1.165, 1.54) is 17.0 Å². The van der Waals surface area contributed by atoms with Crippen LogP contribution >= 0.6 is 0 Å². The number of carbonyl (C=O) groups excluding carboxylic acids is 1. The molecule has 1 aromatic rings. The zero-order valence-corrected chi connectivity index (χ0v) is 12.0. The first kappa shape index (κ1) is 14.8. The summed E-state index contributed by atoms with van der Waals surface area (Å²) in [6.07, 6.45) is 0.978. The van der Waals surface area contributed by atoms with Gasteiger partial charge in [0.05, 0.1) is 6.04 Å². The lowest BCUT2D eigenvalue weighted by Crippen LogP contribution is -2.36. The summed E-state index contributed by atoms with van der Waals surface area (Å²) >= 11 is 0. The van der Waals surface area contributed by atoms with Crippen molar-refractivity contribution in [3.8, 4) is 0 Å². The molecule has 1 aliphatic heterocycles. The molecule has 1 aliphatic rings. The summed E-state index contributed by atoms with van der Waals surface area (Å²) in [6.45, 7) is 5.88. The Balaban J connectivity index is 2.21. The Labute approximate surface area is 117 Å². The molecule has 110 valence electrons. The van der Waals surface area contributed by atoms with E-state index in [-0.39, 0.29) is 6.04 Å². The fraction of sp³-hybridized carbons (Fsp3) is 0.533. The smallest absolute Gasteiger partial charge is 0.410 e. The maximum Gasteiger partial charge on any atom is 0.410 e. The maximum atomic E-state index is 13.9. The molecular formula is C15H19F2NO2. The van der Waals surface area contributed by atoms with Crippen molar-refractivity contribution >= 4 is 6.09 Å². The third-order valence-electron chi connectivity index (χ3n) is 3.20. The minimum absolute atomic E-state index is 0.342. The average molecular weight is 283 g/mol. The van der Waals surface area contributed by atoms with Gasteiger partial charge in [-0.15, -0.1) is 0 Å². The zero-order valence-electron chi connectivity index (χ0n) is 12.0. The van der Waals surface area contributed by atoms with Crippen molar-refractivity contribution in [3.63, 3.8) is 0 Å². The van der Waals surface area contributed by atoms with Gasteiger partial charge in [-0.1, -0.05) is 6.07 Å². The van der Waals surface area contributed by atoms with Crippen LogP contribution in [-0.4, -0.2) is 23.1 Å². The van der Waals surface area contributed by atoms with Crippen LogP contribution in [0.4, 0.5) is 13.6 Å². The minimum Gasteiger partial charge on any atom is -0.444 e. The van der Waals surface area contributed by atoms with Gasteiger partial charge in [0.15, 0.2) is 0 Å². The predicted octanol–water partition coefficient (Wildman–Crippen LogP) is 4.04. The molecule has 0 aliphatic carbocycles. The first-order valence-corrected chi connectivity index (χ1v) is 6.72. The molecule has 20 heavy (non-hydrogen) atoms. The van der Waals surface area contributed by atoms with E-state index in [0.717, 1.165) is 12.5 Å². The highest BCUT2D eigenvalue weighted by atomic mass is 19.1. The molecule has 5 heteroatoms. The lowest BCUT2D eigenvalue weighted by atomic mass is 10.0. The van der Waals surface area contributed by atoms with E-state index >= 15 is 0 Å². The second-order valence-corrected chi connectivity index (χ2v) is 6.00. The molecule has 0 saturated carbocycles. The number of ether oxygens (including phenoxy) is 1. The van der Waals surface area contributed by atoms with E-state index in [1.807, 2.05) is 0 Å². The Kier molecular flexibility index (Phi) is 3.97. The van der Waals surface area contributed by atoms with E-state index in [9.17, 15) is 13.6 Å². The maximum absolute atomic E-state index is 13.9. The largest absolute Gasteiger partial charge is 0.444 e. The van der Waals surface area contributed by atoms with Crippen molar-refractivity contribution in [1.29, 1.82) is 0 Å². The number of benzene rings is 1. The van der Waals surface area contributed by atoms with E-state index in [0.29, 0.717) is 18.5 Å². The standard InChI is InChI=1S/C15H19F2NO2/c1-15(2,3)20-14(19)18-8-4-5-13(18)11-7-6-10(16)9-12(11)17/h6-7,9,13H,4-5,8H2,1-3H3. The molecule has 2 rings (SSSR count). The Morgan fingerprint density at radius 3 is 2.65 bits per heavy atom. The number of rotatable bonds is 1. The van der Waals surface area contributed by atoms with Crippen LogP contribution < -0.4 is 0 Å². The van der Waals surface area contributed by atoms with Crippen LogP contribution in [0.2, 0.25) is 0 Å². The van der Waals surface area contributed by atoms with Crippen molar-refractivity contribution in [2.75, 3.05) is 6.54 Å². The first-order valence-electron chi connectivity index (χ1n) is 6.72. The highest BCUT2D eigenvalue weighted by molar-refractivity contribution is 5.69. The Bertz CT molecular complexity index is 511. The van der Waals surface area contributed by atoms with Crippen molar-refractivity contribution < 1.29 is 18.3 Å². The number of amides is 1. The zero-order chi connectivity index (χ0) is 14.9. The molecule has 3 nitrogen and oxygen atoms in total. The van der Waals surface area contributed by atoms with Crippen molar-refractivity contribution in [2.24, 2.45) is 0 Å². The highest BCUT2D eigenvalue weighted by Crippen LogP contribution is 2.34. The van der Waals surface area contributed by atoms with Crippen LogP contribution in [-0.2, 0) is 4.74 Å². The number of hydrogen-bond acceptors (Lipinski definition) is 2. The molecule has 1 heterocycles. The summed E-state index contributed by atoms with van der Waals surface area (Å²) in [5, 5.41) is 0. The van der Waals surface area contributed by atoms with Gasteiger partial charge in [0, 0.05) is 18.2 Å². The molecule has 0 bridgehead atoms. The number of halogens is 2. The van der Waals surface area contributed by atoms with Crippen molar-refractivity contribution in [1.82, 2.24) is 4.90 Å². The van der Waals surface area contributed by atoms with Gasteiger partial charge in [0.25, 0.3) is 0 Å². The fourth-order valence-corrected chi connectivity index (χ4v) is 2.40. The SMILES string of the molecule is CC(C)(C)OC(=O)N1CCCC1c1ccc(F)cc1F. The normalized spacial score (nSPS) is 19.2. The lowest BCUT2D eigenvalue weighted by Gasteiger charge is -2.29. The topological polar surface area (TPSA) is 29.5 Å². The molecule has 1 saturated heterocycles. The minimum atomic E-state index is -0.620. The number of hydrogen-bond donors (Lipinski definition) is 0. The molecule has 1 amide bonds. The molecule has 0 spiro atoms. The summed E-state index contributed by atoms with van der Waals surface area (Å²) < 4.78 is 32.2. The van der Waals surface area contributed by atoms with Crippen LogP contribution in [0.5, 0.6) is 0 Å². The van der Waals surface area contributed by atoms with E-state index in [1.54, 1.807) is 20.8 Å². The fourth-order valence-electron chi connectivity index (χ4n) is 2.40. The summed E-state index contributed by atoms with van der Waals surface area (Å²) in [7, 11) is 0. The molecular weight excluding hydrogens is 264 g/mol. The molecule has 1 atom stereocenters. The summed E-state index contributed by atoms with van der Waals surface area (Å²) in [5.74, 6) is -1.24. The molecule has 0 aromatic heterocycles. The van der Waals surface area contributed by atoms with Gasteiger partial charge in [0.1, 0.15) is 17.2 Å². The van der Waals surface area contributed by atoms with Crippen LogP contribution in [0.25, 0.3) is 0 Å². The highest BCUT2D eigenvalue weighted by Gasteiger charge is 2.34. The molecule has 1 aromatic carbocycles. The van der Waals surface area contributed by atoms with E-state index in [4.69, 9.17) is 4.74 Å². The molecule has 0 N–H and O–H groups in total. The number of likely N-dealkylation sites (tertiary alicyclic amines) is 1. The molecule has 0 radical (unpaired) electrons. The molecule has 1 fully saturated rings. The van der Waals surface area contributed by atoms with Crippen LogP contribution in [0.3, 0.4) is 0 Å². The van der Waals surface area contributed by atoms with E-state index in [2.05, 4.69) is 0 Å². The van der Waals surface area contributed by atoms with Gasteiger partial charge in [-0.3, -0.25) is 0 Å². The van der Waals surface area contributed by atoms with Crippen molar-refractivity contribution in [2.45, 2.75) is 45.3 Å². The third kappa shape index (κ3) is 3.26. The van der Waals surface area contributed by atoms with Gasteiger partial charge in [-0.05, 0) is 39.7 Å². The number of carbonyl (C=O) groups is 1. The van der Waals surface area contributed by atoms with Crippen LogP contribution in [0, 0.1) is 11.6 Å². The first-order chi connectivity index (χ1) is 9.28. The van der Waals surface area contributed by atoms with Gasteiger partial charge >= 0.3 is 6.09 Å². The summed E-state index contributed by atoms with van der Waals surface area (Å²) in [4.78, 5) is 13.6. The van der Waals surface area contributed by atoms with Gasteiger partial charge in [0.2, 0.25) is 0 Å². The summed E-state index contributed by atoms with van der Waals surface area (Å²) in [6, 6.07) is 3.08. The van der Waals surface area contributed by atoms with Crippen LogP contribution in [0.1, 0.15) is 45.2 Å². The Morgan fingerprint density at radius 2 is 2.05 bits per heavy atom. The van der Waals surface area contributed by atoms with E-state index < -0.39 is 23.3 Å². The number of nitrogens with zero attached hydrogens (tertiary/aromatic N) is 1. The van der Waals surface area contributed by atoms with Crippen molar-refractivity contribution in [3.05, 3.63) is 35.4 Å². The van der Waals surface area contributed by atoms with Crippen LogP contribution in [0.15, 0.2) is 18.2 Å². The quantitative estimate of drug-likeness (QED) is 0.778. The lowest BCUT2D eigenvalue weighted by molar-refractivity contribution is 0.0222. The van der Waals surface area contributed by atoms with Gasteiger partial charge < -0.3 is 9.64 Å². The second kappa shape index (κ2) is 5.38. The summed E-state index contributed by atoms with van der Waals surface area (Å²) in [5.41, 5.74) is -0.249.